The molecule has 1 aliphatic rings. The molecule has 1 aliphatic heterocycles. The zero-order valence-corrected chi connectivity index (χ0v) is 12.4. The predicted octanol–water partition coefficient (Wildman–Crippen LogP) is 4.09. The first-order valence-electron chi connectivity index (χ1n) is 7.12. The minimum atomic E-state index is -0.290. The van der Waals surface area contributed by atoms with Gasteiger partial charge in [0, 0.05) is 36.4 Å². The second kappa shape index (κ2) is 6.31. The van der Waals surface area contributed by atoms with Crippen LogP contribution in [0, 0.1) is 5.82 Å². The van der Waals surface area contributed by atoms with Gasteiger partial charge in [-0.2, -0.15) is 0 Å². The van der Waals surface area contributed by atoms with Gasteiger partial charge in [-0.3, -0.25) is 0 Å². The molecule has 2 heterocycles. The Morgan fingerprint density at radius 2 is 2.00 bits per heavy atom. The van der Waals surface area contributed by atoms with Gasteiger partial charge in [-0.1, -0.05) is 17.7 Å². The maximum atomic E-state index is 13.8. The fourth-order valence-corrected chi connectivity index (χ4v) is 2.83. The van der Waals surface area contributed by atoms with Crippen LogP contribution < -0.4 is 10.2 Å². The molecule has 0 radical (unpaired) electrons. The number of aromatic nitrogens is 1. The number of halogens is 2. The molecule has 0 unspecified atom stereocenters. The van der Waals surface area contributed by atoms with E-state index in [4.69, 9.17) is 11.6 Å². The first-order valence-corrected chi connectivity index (χ1v) is 7.50. The average Bonchev–Trinajstić information content (AvgIpc) is 3.01. The van der Waals surface area contributed by atoms with Crippen LogP contribution in [0.25, 0.3) is 0 Å². The summed E-state index contributed by atoms with van der Waals surface area (Å²) in [6.45, 7) is 2.39. The summed E-state index contributed by atoms with van der Waals surface area (Å²) in [4.78, 5) is 6.71. The number of benzene rings is 1. The monoisotopic (exact) mass is 305 g/mol. The van der Waals surface area contributed by atoms with E-state index >= 15 is 0 Å². The molecule has 0 atom stereocenters. The van der Waals surface area contributed by atoms with Crippen LogP contribution in [-0.4, -0.2) is 18.1 Å². The van der Waals surface area contributed by atoms with E-state index < -0.39 is 0 Å². The van der Waals surface area contributed by atoms with Crippen molar-refractivity contribution < 1.29 is 4.39 Å². The topological polar surface area (TPSA) is 28.2 Å². The van der Waals surface area contributed by atoms with Crippen molar-refractivity contribution in [3.05, 3.63) is 52.9 Å². The molecule has 1 N–H and O–H groups in total. The number of nitrogens with zero attached hydrogens (tertiary/aromatic N) is 2. The molecular formula is C16H17ClFN3. The molecule has 1 fully saturated rings. The van der Waals surface area contributed by atoms with Crippen LogP contribution >= 0.6 is 11.6 Å². The van der Waals surface area contributed by atoms with Gasteiger partial charge >= 0.3 is 0 Å². The molecule has 0 bridgehead atoms. The van der Waals surface area contributed by atoms with Crippen molar-refractivity contribution in [3.63, 3.8) is 0 Å². The SMILES string of the molecule is Fc1cccc(Cl)c1CNc1cccnc1N1CCCC1. The van der Waals surface area contributed by atoms with Crippen molar-refractivity contribution in [2.24, 2.45) is 0 Å². The summed E-state index contributed by atoms with van der Waals surface area (Å²) in [5.74, 6) is 0.643. The van der Waals surface area contributed by atoms with Crippen LogP contribution in [0.5, 0.6) is 0 Å². The third kappa shape index (κ3) is 3.10. The second-order valence-corrected chi connectivity index (χ2v) is 5.53. The van der Waals surface area contributed by atoms with Gasteiger partial charge in [0.15, 0.2) is 5.82 Å². The van der Waals surface area contributed by atoms with Crippen LogP contribution in [0.4, 0.5) is 15.9 Å². The minimum Gasteiger partial charge on any atom is -0.378 e. The van der Waals surface area contributed by atoms with Crippen LogP contribution in [0.2, 0.25) is 5.02 Å². The van der Waals surface area contributed by atoms with Crippen LogP contribution in [0.3, 0.4) is 0 Å². The highest BCUT2D eigenvalue weighted by Crippen LogP contribution is 2.27. The molecular weight excluding hydrogens is 289 g/mol. The van der Waals surface area contributed by atoms with E-state index in [0.29, 0.717) is 17.1 Å². The zero-order chi connectivity index (χ0) is 14.7. The van der Waals surface area contributed by atoms with Gasteiger partial charge in [0.1, 0.15) is 5.82 Å². The Labute approximate surface area is 128 Å². The summed E-state index contributed by atoms with van der Waals surface area (Å²) in [6.07, 6.45) is 4.17. The summed E-state index contributed by atoms with van der Waals surface area (Å²) in [7, 11) is 0. The summed E-state index contributed by atoms with van der Waals surface area (Å²) >= 11 is 6.06. The molecule has 1 aromatic carbocycles. The third-order valence-corrected chi connectivity index (χ3v) is 4.06. The van der Waals surface area contributed by atoms with E-state index in [1.165, 1.54) is 18.9 Å². The van der Waals surface area contributed by atoms with E-state index in [-0.39, 0.29) is 5.82 Å². The largest absolute Gasteiger partial charge is 0.378 e. The summed E-state index contributed by atoms with van der Waals surface area (Å²) in [5.41, 5.74) is 1.40. The van der Waals surface area contributed by atoms with Crippen molar-refractivity contribution >= 4 is 23.1 Å². The van der Waals surface area contributed by atoms with E-state index in [1.54, 1.807) is 18.3 Å². The van der Waals surface area contributed by atoms with Crippen molar-refractivity contribution in [3.8, 4) is 0 Å². The Morgan fingerprint density at radius 1 is 1.19 bits per heavy atom. The number of hydrogen-bond donors (Lipinski definition) is 1. The van der Waals surface area contributed by atoms with Gasteiger partial charge in [0.25, 0.3) is 0 Å². The number of rotatable bonds is 4. The molecule has 0 saturated carbocycles. The summed E-state index contributed by atoms with van der Waals surface area (Å²) in [6, 6.07) is 8.58. The summed E-state index contributed by atoms with van der Waals surface area (Å²) in [5, 5.41) is 3.70. The van der Waals surface area contributed by atoms with Crippen molar-refractivity contribution in [2.45, 2.75) is 19.4 Å². The Hall–Kier alpha value is -1.81. The normalized spacial score (nSPS) is 14.5. The van der Waals surface area contributed by atoms with Gasteiger partial charge in [-0.25, -0.2) is 9.37 Å². The van der Waals surface area contributed by atoms with Gasteiger partial charge in [-0.05, 0) is 37.1 Å². The fourth-order valence-electron chi connectivity index (χ4n) is 2.60. The van der Waals surface area contributed by atoms with E-state index in [9.17, 15) is 4.39 Å². The molecule has 3 rings (SSSR count). The highest BCUT2D eigenvalue weighted by Gasteiger charge is 2.17. The van der Waals surface area contributed by atoms with Crippen molar-refractivity contribution in [1.29, 1.82) is 0 Å². The fraction of sp³-hybridized carbons (Fsp3) is 0.312. The number of anilines is 2. The Balaban J connectivity index is 1.79. The molecule has 5 heteroatoms. The highest BCUT2D eigenvalue weighted by atomic mass is 35.5. The molecule has 1 saturated heterocycles. The predicted molar refractivity (Wildman–Crippen MR) is 84.4 cm³/mol. The molecule has 0 spiro atoms. The molecule has 110 valence electrons. The maximum Gasteiger partial charge on any atom is 0.151 e. The van der Waals surface area contributed by atoms with Gasteiger partial charge < -0.3 is 10.2 Å². The number of nitrogens with one attached hydrogen (secondary N) is 1. The van der Waals surface area contributed by atoms with Gasteiger partial charge in [0.05, 0.1) is 5.69 Å². The van der Waals surface area contributed by atoms with E-state index in [1.807, 2.05) is 12.1 Å². The second-order valence-electron chi connectivity index (χ2n) is 5.12. The standard InChI is InChI=1S/C16H17ClFN3/c17-13-5-3-6-14(18)12(13)11-20-15-7-4-8-19-16(15)21-9-1-2-10-21/h3-8,20H,1-2,9-11H2. The lowest BCUT2D eigenvalue weighted by Gasteiger charge is -2.20. The van der Waals surface area contributed by atoms with Crippen molar-refractivity contribution in [2.75, 3.05) is 23.3 Å². The van der Waals surface area contributed by atoms with E-state index in [2.05, 4.69) is 15.2 Å². The zero-order valence-electron chi connectivity index (χ0n) is 11.6. The van der Waals surface area contributed by atoms with Crippen LogP contribution in [-0.2, 0) is 6.54 Å². The van der Waals surface area contributed by atoms with Gasteiger partial charge in [0.2, 0.25) is 0 Å². The Kier molecular flexibility index (Phi) is 4.25. The Morgan fingerprint density at radius 3 is 2.76 bits per heavy atom. The number of hydrogen-bond acceptors (Lipinski definition) is 3. The third-order valence-electron chi connectivity index (χ3n) is 3.71. The lowest BCUT2D eigenvalue weighted by molar-refractivity contribution is 0.613. The molecule has 3 nitrogen and oxygen atoms in total. The average molecular weight is 306 g/mol. The minimum absolute atomic E-state index is 0.290. The van der Waals surface area contributed by atoms with Crippen molar-refractivity contribution in [1.82, 2.24) is 4.98 Å². The molecule has 0 aliphatic carbocycles. The molecule has 2 aromatic rings. The van der Waals surface area contributed by atoms with Crippen LogP contribution in [0.15, 0.2) is 36.5 Å². The smallest absolute Gasteiger partial charge is 0.151 e. The molecule has 21 heavy (non-hydrogen) atoms. The van der Waals surface area contributed by atoms with E-state index in [0.717, 1.165) is 24.6 Å². The first kappa shape index (κ1) is 14.1. The lowest BCUT2D eigenvalue weighted by atomic mass is 10.2. The quantitative estimate of drug-likeness (QED) is 0.922. The number of pyridine rings is 1. The first-order chi connectivity index (χ1) is 10.3. The van der Waals surface area contributed by atoms with Gasteiger partial charge in [-0.15, -0.1) is 0 Å². The lowest BCUT2D eigenvalue weighted by Crippen LogP contribution is -2.20. The summed E-state index contributed by atoms with van der Waals surface area (Å²) < 4.78 is 13.8. The van der Waals surface area contributed by atoms with Crippen LogP contribution in [0.1, 0.15) is 18.4 Å². The molecule has 1 aromatic heterocycles. The maximum absolute atomic E-state index is 13.8. The Bertz CT molecular complexity index is 606. The highest BCUT2D eigenvalue weighted by molar-refractivity contribution is 6.31. The molecule has 0 amide bonds.